The number of alkyl halides is 1. The number of morpholine rings is 1. The van der Waals surface area contributed by atoms with E-state index in [9.17, 15) is 9.18 Å². The van der Waals surface area contributed by atoms with Crippen molar-refractivity contribution in [2.24, 2.45) is 0 Å². The highest BCUT2D eigenvalue weighted by molar-refractivity contribution is 5.90. The van der Waals surface area contributed by atoms with Crippen LogP contribution in [0.3, 0.4) is 0 Å². The van der Waals surface area contributed by atoms with Crippen molar-refractivity contribution in [3.05, 3.63) is 24.3 Å². The van der Waals surface area contributed by atoms with Crippen LogP contribution in [0.2, 0.25) is 0 Å². The van der Waals surface area contributed by atoms with Gasteiger partial charge in [0.25, 0.3) is 0 Å². The summed E-state index contributed by atoms with van der Waals surface area (Å²) in [6.45, 7) is 1.49. The van der Waals surface area contributed by atoms with E-state index in [1.165, 1.54) is 0 Å². The van der Waals surface area contributed by atoms with Crippen LogP contribution in [0.5, 0.6) is 0 Å². The Morgan fingerprint density at radius 2 is 2.19 bits per heavy atom. The molecule has 0 bridgehead atoms. The molecular formula is C14H18FN3O3. The number of halogens is 1. The van der Waals surface area contributed by atoms with Gasteiger partial charge in [0, 0.05) is 17.9 Å². The maximum atomic E-state index is 13.9. The van der Waals surface area contributed by atoms with Gasteiger partial charge in [0.15, 0.2) is 12.5 Å². The lowest BCUT2D eigenvalue weighted by Gasteiger charge is -2.32. The quantitative estimate of drug-likeness (QED) is 0.852. The Morgan fingerprint density at radius 3 is 2.90 bits per heavy atom. The molecule has 1 amide bonds. The number of hydrogen-bond acceptors (Lipinski definition) is 5. The fourth-order valence-electron chi connectivity index (χ4n) is 2.53. The maximum Gasteiger partial charge on any atom is 0.416 e. The van der Waals surface area contributed by atoms with E-state index in [0.29, 0.717) is 25.4 Å². The second-order valence-electron chi connectivity index (χ2n) is 4.99. The maximum absolute atomic E-state index is 13.9. The first-order chi connectivity index (χ1) is 10.2. The Morgan fingerprint density at radius 1 is 1.38 bits per heavy atom. The van der Waals surface area contributed by atoms with Gasteiger partial charge in [-0.2, -0.15) is 0 Å². The van der Waals surface area contributed by atoms with Gasteiger partial charge < -0.3 is 14.4 Å². The zero-order chi connectivity index (χ0) is 14.8. The minimum Gasteiger partial charge on any atom is -0.428 e. The molecule has 2 saturated heterocycles. The highest BCUT2D eigenvalue weighted by atomic mass is 19.1. The van der Waals surface area contributed by atoms with Crippen molar-refractivity contribution in [2.45, 2.75) is 12.5 Å². The molecule has 1 aromatic rings. The smallest absolute Gasteiger partial charge is 0.416 e. The number of anilines is 2. The highest BCUT2D eigenvalue weighted by Crippen LogP contribution is 2.28. The van der Waals surface area contributed by atoms with Crippen LogP contribution in [0.25, 0.3) is 0 Å². The van der Waals surface area contributed by atoms with Crippen molar-refractivity contribution in [3.8, 4) is 0 Å². The van der Waals surface area contributed by atoms with Crippen LogP contribution in [0.15, 0.2) is 24.3 Å². The monoisotopic (exact) mass is 295 g/mol. The van der Waals surface area contributed by atoms with Crippen molar-refractivity contribution in [1.29, 1.82) is 0 Å². The SMILES string of the molecule is CNC1CN(c2cccc(N3CCOCC3F)c2)C(=O)O1. The molecule has 2 aliphatic rings. The molecule has 1 aromatic carbocycles. The first-order valence-corrected chi connectivity index (χ1v) is 6.93. The van der Waals surface area contributed by atoms with Crippen LogP contribution >= 0.6 is 0 Å². The minimum absolute atomic E-state index is 0.0673. The fraction of sp³-hybridized carbons (Fsp3) is 0.500. The summed E-state index contributed by atoms with van der Waals surface area (Å²) in [6.07, 6.45) is -1.88. The first kappa shape index (κ1) is 14.1. The first-order valence-electron chi connectivity index (χ1n) is 6.93. The largest absolute Gasteiger partial charge is 0.428 e. The molecule has 0 spiro atoms. The fourth-order valence-corrected chi connectivity index (χ4v) is 2.53. The summed E-state index contributed by atoms with van der Waals surface area (Å²) in [5.74, 6) is 0. The molecule has 1 N–H and O–H groups in total. The molecule has 2 aliphatic heterocycles. The third-order valence-electron chi connectivity index (χ3n) is 3.68. The molecule has 2 heterocycles. The van der Waals surface area contributed by atoms with Crippen molar-refractivity contribution < 1.29 is 18.7 Å². The predicted molar refractivity (Wildman–Crippen MR) is 76.2 cm³/mol. The number of amides is 1. The van der Waals surface area contributed by atoms with E-state index < -0.39 is 12.4 Å². The number of nitrogens with zero attached hydrogens (tertiary/aromatic N) is 2. The van der Waals surface area contributed by atoms with Gasteiger partial charge in [-0.15, -0.1) is 0 Å². The number of carbonyl (C=O) groups excluding carboxylic acids is 1. The molecule has 21 heavy (non-hydrogen) atoms. The summed E-state index contributed by atoms with van der Waals surface area (Å²) in [4.78, 5) is 15.0. The number of benzene rings is 1. The van der Waals surface area contributed by atoms with Crippen molar-refractivity contribution >= 4 is 17.5 Å². The van der Waals surface area contributed by atoms with E-state index in [-0.39, 0.29) is 12.8 Å². The number of ether oxygens (including phenoxy) is 2. The van der Waals surface area contributed by atoms with Gasteiger partial charge in [0.05, 0.1) is 19.8 Å². The minimum atomic E-state index is -1.16. The summed E-state index contributed by atoms with van der Waals surface area (Å²) < 4.78 is 24.2. The molecule has 114 valence electrons. The van der Waals surface area contributed by atoms with Gasteiger partial charge in [-0.3, -0.25) is 10.2 Å². The van der Waals surface area contributed by atoms with Crippen molar-refractivity contribution in [1.82, 2.24) is 5.32 Å². The Labute approximate surface area is 122 Å². The van der Waals surface area contributed by atoms with Crippen LogP contribution in [0, 0.1) is 0 Å². The lowest BCUT2D eigenvalue weighted by Crippen LogP contribution is -2.43. The predicted octanol–water partition coefficient (Wildman–Crippen LogP) is 1.32. The molecule has 3 rings (SSSR count). The normalized spacial score (nSPS) is 26.1. The average molecular weight is 295 g/mol. The Bertz CT molecular complexity index is 528. The van der Waals surface area contributed by atoms with Crippen LogP contribution in [-0.2, 0) is 9.47 Å². The molecule has 0 saturated carbocycles. The zero-order valence-corrected chi connectivity index (χ0v) is 11.8. The molecular weight excluding hydrogens is 277 g/mol. The summed E-state index contributed by atoms with van der Waals surface area (Å²) in [7, 11) is 1.74. The van der Waals surface area contributed by atoms with Crippen LogP contribution in [-0.4, -0.2) is 52.0 Å². The molecule has 2 fully saturated rings. The van der Waals surface area contributed by atoms with E-state index >= 15 is 0 Å². The molecule has 6 nitrogen and oxygen atoms in total. The van der Waals surface area contributed by atoms with Gasteiger partial charge in [-0.1, -0.05) is 6.07 Å². The number of hydrogen-bond donors (Lipinski definition) is 1. The Kier molecular flexibility index (Phi) is 3.94. The topological polar surface area (TPSA) is 54.0 Å². The van der Waals surface area contributed by atoms with Crippen molar-refractivity contribution in [3.63, 3.8) is 0 Å². The average Bonchev–Trinajstić information content (AvgIpc) is 2.89. The summed E-state index contributed by atoms with van der Waals surface area (Å²) in [5.41, 5.74) is 1.44. The van der Waals surface area contributed by atoms with Gasteiger partial charge in [0.1, 0.15) is 0 Å². The summed E-state index contributed by atoms with van der Waals surface area (Å²) in [6, 6.07) is 7.26. The molecule has 0 radical (unpaired) electrons. The number of rotatable bonds is 3. The molecule has 2 unspecified atom stereocenters. The van der Waals surface area contributed by atoms with E-state index in [2.05, 4.69) is 5.32 Å². The lowest BCUT2D eigenvalue weighted by atomic mass is 10.2. The van der Waals surface area contributed by atoms with Gasteiger partial charge in [0.2, 0.25) is 0 Å². The van der Waals surface area contributed by atoms with Crippen LogP contribution in [0.1, 0.15) is 0 Å². The Balaban J connectivity index is 1.81. The van der Waals surface area contributed by atoms with Gasteiger partial charge >= 0.3 is 6.09 Å². The second kappa shape index (κ2) is 5.87. The third kappa shape index (κ3) is 2.79. The molecule has 7 heteroatoms. The second-order valence-corrected chi connectivity index (χ2v) is 4.99. The van der Waals surface area contributed by atoms with Gasteiger partial charge in [-0.25, -0.2) is 9.18 Å². The number of cyclic esters (lactones) is 1. The van der Waals surface area contributed by atoms with Crippen LogP contribution < -0.4 is 15.1 Å². The van der Waals surface area contributed by atoms with Crippen LogP contribution in [0.4, 0.5) is 20.6 Å². The summed E-state index contributed by atoms with van der Waals surface area (Å²) in [5, 5.41) is 2.91. The molecule has 0 aliphatic carbocycles. The summed E-state index contributed by atoms with van der Waals surface area (Å²) >= 11 is 0. The standard InChI is InChI=1S/C14H18FN3O3/c1-16-13-8-18(14(19)21-13)11-4-2-3-10(7-11)17-5-6-20-9-12(17)15/h2-4,7,12-13,16H,5-6,8-9H2,1H3. The van der Waals surface area contributed by atoms with Crippen molar-refractivity contribution in [2.75, 3.05) is 43.2 Å². The van der Waals surface area contributed by atoms with E-state index in [0.717, 1.165) is 5.69 Å². The van der Waals surface area contributed by atoms with E-state index in [1.807, 2.05) is 18.2 Å². The number of carbonyl (C=O) groups is 1. The Hall–Kier alpha value is -1.86. The van der Waals surface area contributed by atoms with E-state index in [1.54, 1.807) is 22.9 Å². The number of likely N-dealkylation sites (N-methyl/N-ethyl adjacent to an activating group) is 1. The lowest BCUT2D eigenvalue weighted by molar-refractivity contribution is 0.0497. The zero-order valence-electron chi connectivity index (χ0n) is 11.8. The molecule has 2 atom stereocenters. The highest BCUT2D eigenvalue weighted by Gasteiger charge is 2.32. The van der Waals surface area contributed by atoms with E-state index in [4.69, 9.17) is 9.47 Å². The third-order valence-corrected chi connectivity index (χ3v) is 3.68. The number of nitrogens with one attached hydrogen (secondary N) is 1. The molecule has 0 aromatic heterocycles. The van der Waals surface area contributed by atoms with Gasteiger partial charge in [-0.05, 0) is 25.2 Å².